The molecule has 0 atom stereocenters. The second kappa shape index (κ2) is 7.76. The minimum Gasteiger partial charge on any atom is -0.395 e. The van der Waals surface area contributed by atoms with Crippen LogP contribution < -0.4 is 5.32 Å². The van der Waals surface area contributed by atoms with Gasteiger partial charge in [0.1, 0.15) is 0 Å². The molecular formula is C12H19N3O2. The van der Waals surface area contributed by atoms with Crippen LogP contribution in [-0.2, 0) is 11.3 Å². The minimum atomic E-state index is -0.0233. The van der Waals surface area contributed by atoms with Gasteiger partial charge < -0.3 is 10.4 Å². The molecule has 0 fully saturated rings. The molecular weight excluding hydrogens is 218 g/mol. The second-order valence-electron chi connectivity index (χ2n) is 3.75. The molecule has 0 aromatic carbocycles. The third kappa shape index (κ3) is 5.42. The molecule has 0 spiro atoms. The summed E-state index contributed by atoms with van der Waals surface area (Å²) >= 11 is 0. The summed E-state index contributed by atoms with van der Waals surface area (Å²) in [7, 11) is 0. The predicted molar refractivity (Wildman–Crippen MR) is 65.3 cm³/mol. The predicted octanol–water partition coefficient (Wildman–Crippen LogP) is 0.0120. The zero-order valence-electron chi connectivity index (χ0n) is 10.1. The van der Waals surface area contributed by atoms with E-state index in [-0.39, 0.29) is 12.5 Å². The molecule has 5 heteroatoms. The number of aromatic nitrogens is 1. The van der Waals surface area contributed by atoms with E-state index < -0.39 is 0 Å². The monoisotopic (exact) mass is 237 g/mol. The van der Waals surface area contributed by atoms with Gasteiger partial charge >= 0.3 is 0 Å². The number of aliphatic hydroxyl groups excluding tert-OH is 1. The lowest BCUT2D eigenvalue weighted by atomic mass is 10.2. The van der Waals surface area contributed by atoms with Gasteiger partial charge in [-0.3, -0.25) is 14.7 Å². The van der Waals surface area contributed by atoms with E-state index in [4.69, 9.17) is 5.11 Å². The Morgan fingerprint density at radius 3 is 3.00 bits per heavy atom. The van der Waals surface area contributed by atoms with Crippen molar-refractivity contribution in [3.05, 3.63) is 30.1 Å². The van der Waals surface area contributed by atoms with Crippen LogP contribution in [0.25, 0.3) is 0 Å². The molecule has 1 amide bonds. The molecule has 0 unspecified atom stereocenters. The van der Waals surface area contributed by atoms with E-state index in [1.165, 1.54) is 0 Å². The molecule has 2 N–H and O–H groups in total. The molecule has 94 valence electrons. The lowest BCUT2D eigenvalue weighted by molar-refractivity contribution is -0.122. The first kappa shape index (κ1) is 13.6. The highest BCUT2D eigenvalue weighted by Gasteiger charge is 2.10. The van der Waals surface area contributed by atoms with Gasteiger partial charge in [0.2, 0.25) is 5.91 Å². The van der Waals surface area contributed by atoms with Crippen LogP contribution in [0.15, 0.2) is 24.5 Å². The standard InChI is InChI=1S/C12H19N3O2/c1-2-14-12(17)10-15(6-7-16)9-11-4-3-5-13-8-11/h3-5,8,16H,2,6-7,9-10H2,1H3,(H,14,17). The third-order valence-corrected chi connectivity index (χ3v) is 2.29. The first-order valence-corrected chi connectivity index (χ1v) is 5.75. The Morgan fingerprint density at radius 2 is 2.41 bits per heavy atom. The number of hydrogen-bond acceptors (Lipinski definition) is 4. The van der Waals surface area contributed by atoms with E-state index in [0.29, 0.717) is 26.2 Å². The summed E-state index contributed by atoms with van der Waals surface area (Å²) in [5.41, 5.74) is 1.03. The average Bonchev–Trinajstić information content (AvgIpc) is 2.31. The number of carbonyl (C=O) groups is 1. The van der Waals surface area contributed by atoms with E-state index in [1.807, 2.05) is 24.0 Å². The van der Waals surface area contributed by atoms with E-state index in [0.717, 1.165) is 5.56 Å². The number of likely N-dealkylation sites (N-methyl/N-ethyl adjacent to an activating group) is 1. The van der Waals surface area contributed by atoms with Gasteiger partial charge in [-0.2, -0.15) is 0 Å². The molecule has 0 aliphatic rings. The van der Waals surface area contributed by atoms with Crippen LogP contribution in [0.1, 0.15) is 12.5 Å². The summed E-state index contributed by atoms with van der Waals surface area (Å²) in [5, 5.41) is 11.7. The van der Waals surface area contributed by atoms with Crippen molar-refractivity contribution in [3.63, 3.8) is 0 Å². The van der Waals surface area contributed by atoms with Crippen molar-refractivity contribution in [3.8, 4) is 0 Å². The quantitative estimate of drug-likeness (QED) is 0.701. The number of nitrogens with one attached hydrogen (secondary N) is 1. The summed E-state index contributed by atoms with van der Waals surface area (Å²) in [6.07, 6.45) is 3.48. The number of amides is 1. The molecule has 0 radical (unpaired) electrons. The second-order valence-corrected chi connectivity index (χ2v) is 3.75. The van der Waals surface area contributed by atoms with Gasteiger partial charge in [-0.25, -0.2) is 0 Å². The van der Waals surface area contributed by atoms with Crippen LogP contribution in [0.3, 0.4) is 0 Å². The first-order chi connectivity index (χ1) is 8.26. The Labute approximate surface area is 101 Å². The van der Waals surface area contributed by atoms with Crippen LogP contribution in [0.5, 0.6) is 0 Å². The lowest BCUT2D eigenvalue weighted by Gasteiger charge is -2.20. The number of pyridine rings is 1. The highest BCUT2D eigenvalue weighted by molar-refractivity contribution is 5.77. The molecule has 17 heavy (non-hydrogen) atoms. The highest BCUT2D eigenvalue weighted by atomic mass is 16.3. The maximum atomic E-state index is 11.5. The fraction of sp³-hybridized carbons (Fsp3) is 0.500. The SMILES string of the molecule is CCNC(=O)CN(CCO)Cc1cccnc1. The summed E-state index contributed by atoms with van der Waals surface area (Å²) in [5.74, 6) is -0.0233. The highest BCUT2D eigenvalue weighted by Crippen LogP contribution is 2.01. The smallest absolute Gasteiger partial charge is 0.234 e. The van der Waals surface area contributed by atoms with Crippen LogP contribution in [0.4, 0.5) is 0 Å². The van der Waals surface area contributed by atoms with E-state index in [9.17, 15) is 4.79 Å². The molecule has 0 bridgehead atoms. The van der Waals surface area contributed by atoms with E-state index in [1.54, 1.807) is 12.4 Å². The van der Waals surface area contributed by atoms with Gasteiger partial charge in [0.25, 0.3) is 0 Å². The molecule has 1 rings (SSSR count). The Balaban J connectivity index is 2.51. The Morgan fingerprint density at radius 1 is 1.59 bits per heavy atom. The molecule has 0 saturated heterocycles. The summed E-state index contributed by atoms with van der Waals surface area (Å²) < 4.78 is 0. The van der Waals surface area contributed by atoms with E-state index >= 15 is 0 Å². The Hall–Kier alpha value is -1.46. The van der Waals surface area contributed by atoms with Crippen molar-refractivity contribution in [1.82, 2.24) is 15.2 Å². The number of hydrogen-bond donors (Lipinski definition) is 2. The van der Waals surface area contributed by atoms with Crippen molar-refractivity contribution in [1.29, 1.82) is 0 Å². The molecule has 0 aliphatic heterocycles. The molecule has 1 aromatic heterocycles. The van der Waals surface area contributed by atoms with Crippen LogP contribution in [0.2, 0.25) is 0 Å². The van der Waals surface area contributed by atoms with Crippen molar-refractivity contribution < 1.29 is 9.90 Å². The summed E-state index contributed by atoms with van der Waals surface area (Å²) in [6, 6.07) is 3.81. The number of nitrogens with zero attached hydrogens (tertiary/aromatic N) is 2. The van der Waals surface area contributed by atoms with Crippen LogP contribution >= 0.6 is 0 Å². The van der Waals surface area contributed by atoms with Crippen LogP contribution in [-0.4, -0.2) is 47.1 Å². The van der Waals surface area contributed by atoms with Crippen molar-refractivity contribution in [2.24, 2.45) is 0 Å². The van der Waals surface area contributed by atoms with Gasteiger partial charge in [0.05, 0.1) is 13.2 Å². The maximum Gasteiger partial charge on any atom is 0.234 e. The fourth-order valence-electron chi connectivity index (χ4n) is 1.56. The molecule has 0 saturated carbocycles. The average molecular weight is 237 g/mol. The number of carbonyl (C=O) groups excluding carboxylic acids is 1. The number of rotatable bonds is 7. The normalized spacial score (nSPS) is 10.5. The Kier molecular flexibility index (Phi) is 6.21. The third-order valence-electron chi connectivity index (χ3n) is 2.29. The van der Waals surface area contributed by atoms with E-state index in [2.05, 4.69) is 10.3 Å². The first-order valence-electron chi connectivity index (χ1n) is 5.75. The summed E-state index contributed by atoms with van der Waals surface area (Å²) in [4.78, 5) is 17.4. The fourth-order valence-corrected chi connectivity index (χ4v) is 1.56. The lowest BCUT2D eigenvalue weighted by Crippen LogP contribution is -2.38. The largest absolute Gasteiger partial charge is 0.395 e. The number of aliphatic hydroxyl groups is 1. The van der Waals surface area contributed by atoms with Gasteiger partial charge in [-0.15, -0.1) is 0 Å². The van der Waals surface area contributed by atoms with Gasteiger partial charge in [-0.1, -0.05) is 6.07 Å². The van der Waals surface area contributed by atoms with Crippen molar-refractivity contribution >= 4 is 5.91 Å². The maximum absolute atomic E-state index is 11.5. The van der Waals surface area contributed by atoms with Gasteiger partial charge in [0, 0.05) is 32.0 Å². The van der Waals surface area contributed by atoms with Crippen molar-refractivity contribution in [2.45, 2.75) is 13.5 Å². The summed E-state index contributed by atoms with van der Waals surface area (Å²) in [6.45, 7) is 3.94. The molecule has 5 nitrogen and oxygen atoms in total. The van der Waals surface area contributed by atoms with Gasteiger partial charge in [0.15, 0.2) is 0 Å². The Bertz CT molecular complexity index is 330. The zero-order chi connectivity index (χ0) is 12.5. The topological polar surface area (TPSA) is 65.5 Å². The zero-order valence-corrected chi connectivity index (χ0v) is 10.1. The van der Waals surface area contributed by atoms with Crippen LogP contribution in [0, 0.1) is 0 Å². The van der Waals surface area contributed by atoms with Gasteiger partial charge in [-0.05, 0) is 18.6 Å². The minimum absolute atomic E-state index is 0.0233. The van der Waals surface area contributed by atoms with Crippen molar-refractivity contribution in [2.75, 3.05) is 26.2 Å². The molecule has 0 aliphatic carbocycles. The molecule has 1 aromatic rings. The molecule has 1 heterocycles.